The maximum atomic E-state index is 13.0. The third-order valence-corrected chi connectivity index (χ3v) is 7.24. The van der Waals surface area contributed by atoms with Gasteiger partial charge in [0.2, 0.25) is 0 Å². The van der Waals surface area contributed by atoms with E-state index in [0.717, 1.165) is 18.4 Å². The van der Waals surface area contributed by atoms with Gasteiger partial charge >= 0.3 is 12.1 Å². The third-order valence-electron chi connectivity index (χ3n) is 7.24. The molecule has 9 atom stereocenters. The lowest BCUT2D eigenvalue weighted by Gasteiger charge is -2.43. The number of rotatable bonds is 6. The molecule has 0 aliphatic carbocycles. The van der Waals surface area contributed by atoms with Gasteiger partial charge in [-0.05, 0) is 51.4 Å². The standard InChI is InChI=1S/C27H45NO8/c1-6-7-16(2)8-9-18(4)22-13-21(30)12-20(29)10-17(3)11-23-19(5)24(35-26(28)32)14-27(33,36-23)15-25(31)34-22/h6-7,11,16,18-24,29-30,33H,8-10,12-15H2,1-5H3,(H2,28,32). The van der Waals surface area contributed by atoms with Gasteiger partial charge in [-0.15, -0.1) is 0 Å². The molecule has 0 aromatic rings. The first-order valence-corrected chi connectivity index (χ1v) is 13.0. The number of fused-ring (bicyclic) bond motifs is 2. The minimum atomic E-state index is -1.93. The Hall–Kier alpha value is -1.94. The molecule has 1 fully saturated rings. The molecule has 2 bridgehead atoms. The number of ether oxygens (including phenoxy) is 3. The minimum absolute atomic E-state index is 0.0522. The molecular formula is C27H45NO8. The summed E-state index contributed by atoms with van der Waals surface area (Å²) in [7, 11) is 0. The maximum Gasteiger partial charge on any atom is 0.404 e. The van der Waals surface area contributed by atoms with Gasteiger partial charge in [-0.2, -0.15) is 0 Å². The van der Waals surface area contributed by atoms with Gasteiger partial charge in [0.15, 0.2) is 5.79 Å². The van der Waals surface area contributed by atoms with Crippen molar-refractivity contribution in [3.8, 4) is 0 Å². The van der Waals surface area contributed by atoms with Gasteiger partial charge in [-0.1, -0.05) is 44.6 Å². The molecule has 2 aliphatic rings. The van der Waals surface area contributed by atoms with Crippen LogP contribution in [0.1, 0.15) is 79.6 Å². The van der Waals surface area contributed by atoms with Crippen LogP contribution in [-0.4, -0.2) is 63.7 Å². The number of cyclic esters (lactones) is 1. The number of nitrogens with two attached hydrogens (primary N) is 1. The van der Waals surface area contributed by atoms with E-state index in [4.69, 9.17) is 19.9 Å². The SMILES string of the molecule is CC=CC(C)CCC(C)C1CC(O)CC(O)CC(C)=CC2OC(O)(CC(=O)O1)CC(OC(N)=O)C2C. The Labute approximate surface area is 214 Å². The average Bonchev–Trinajstić information content (AvgIpc) is 2.73. The number of carbonyl (C=O) groups excluding carboxylic acids is 2. The van der Waals surface area contributed by atoms with Gasteiger partial charge in [-0.25, -0.2) is 4.79 Å². The molecule has 0 radical (unpaired) electrons. The molecule has 2 rings (SSSR count). The van der Waals surface area contributed by atoms with Crippen molar-refractivity contribution in [1.82, 2.24) is 0 Å². The van der Waals surface area contributed by atoms with E-state index in [1.165, 1.54) is 0 Å². The van der Waals surface area contributed by atoms with Crippen molar-refractivity contribution < 1.29 is 39.1 Å². The molecule has 0 saturated carbocycles. The van der Waals surface area contributed by atoms with Gasteiger partial charge in [0.1, 0.15) is 12.2 Å². The second-order valence-electron chi connectivity index (χ2n) is 10.8. The fraction of sp³-hybridized carbons (Fsp3) is 0.778. The van der Waals surface area contributed by atoms with Crippen LogP contribution in [0.25, 0.3) is 0 Å². The lowest BCUT2D eigenvalue weighted by Crippen LogP contribution is -2.53. The van der Waals surface area contributed by atoms with Crippen LogP contribution >= 0.6 is 0 Å². The lowest BCUT2D eigenvalue weighted by atomic mass is 9.85. The van der Waals surface area contributed by atoms with Gasteiger partial charge < -0.3 is 35.3 Å². The highest BCUT2D eigenvalue weighted by atomic mass is 16.6. The number of primary amides is 1. The summed E-state index contributed by atoms with van der Waals surface area (Å²) in [6, 6.07) is 0. The number of hydrogen-bond donors (Lipinski definition) is 4. The average molecular weight is 512 g/mol. The molecular weight excluding hydrogens is 466 g/mol. The van der Waals surface area contributed by atoms with Crippen LogP contribution in [0.15, 0.2) is 23.8 Å². The Bertz CT molecular complexity index is 799. The first-order valence-electron chi connectivity index (χ1n) is 13.0. The van der Waals surface area contributed by atoms with E-state index < -0.39 is 54.8 Å². The second-order valence-corrected chi connectivity index (χ2v) is 10.8. The molecule has 1 saturated heterocycles. The number of carbonyl (C=O) groups is 2. The number of aliphatic hydroxyl groups excluding tert-OH is 2. The van der Waals surface area contributed by atoms with Crippen molar-refractivity contribution in [2.45, 2.75) is 116 Å². The van der Waals surface area contributed by atoms with Crippen molar-refractivity contribution in [2.75, 3.05) is 0 Å². The number of amides is 1. The summed E-state index contributed by atoms with van der Waals surface area (Å²) in [6.45, 7) is 9.68. The predicted molar refractivity (Wildman–Crippen MR) is 135 cm³/mol. The Balaban J connectivity index is 2.30. The summed E-state index contributed by atoms with van der Waals surface area (Å²) in [5.74, 6) is -2.64. The van der Waals surface area contributed by atoms with Crippen LogP contribution in [0.3, 0.4) is 0 Å². The van der Waals surface area contributed by atoms with Crippen LogP contribution in [0.2, 0.25) is 0 Å². The van der Waals surface area contributed by atoms with Gasteiger partial charge in [-0.3, -0.25) is 4.79 Å². The molecule has 5 N–H and O–H groups in total. The Morgan fingerprint density at radius 1 is 1.28 bits per heavy atom. The predicted octanol–water partition coefficient (Wildman–Crippen LogP) is 3.35. The van der Waals surface area contributed by atoms with Crippen molar-refractivity contribution in [1.29, 1.82) is 0 Å². The second kappa shape index (κ2) is 13.6. The van der Waals surface area contributed by atoms with Crippen LogP contribution in [0.4, 0.5) is 4.79 Å². The smallest absolute Gasteiger partial charge is 0.404 e. The fourth-order valence-electron chi connectivity index (χ4n) is 5.17. The van der Waals surface area contributed by atoms with Crippen molar-refractivity contribution in [2.24, 2.45) is 23.5 Å². The van der Waals surface area contributed by atoms with Crippen LogP contribution in [0, 0.1) is 17.8 Å². The summed E-state index contributed by atoms with van der Waals surface area (Å²) in [5.41, 5.74) is 6.03. The third kappa shape index (κ3) is 9.50. The van der Waals surface area contributed by atoms with Crippen LogP contribution in [0.5, 0.6) is 0 Å². The number of aliphatic hydroxyl groups is 3. The van der Waals surface area contributed by atoms with Crippen LogP contribution in [-0.2, 0) is 19.0 Å². The highest BCUT2D eigenvalue weighted by Crippen LogP contribution is 2.37. The summed E-state index contributed by atoms with van der Waals surface area (Å²) in [6.07, 6.45) is 2.85. The molecule has 0 spiro atoms. The van der Waals surface area contributed by atoms with Crippen molar-refractivity contribution in [3.63, 3.8) is 0 Å². The molecule has 36 heavy (non-hydrogen) atoms. The Morgan fingerprint density at radius 2 is 1.97 bits per heavy atom. The lowest BCUT2D eigenvalue weighted by molar-refractivity contribution is -0.279. The van der Waals surface area contributed by atoms with E-state index >= 15 is 0 Å². The zero-order chi connectivity index (χ0) is 27.0. The summed E-state index contributed by atoms with van der Waals surface area (Å²) in [5, 5.41) is 32.5. The summed E-state index contributed by atoms with van der Waals surface area (Å²) >= 11 is 0. The van der Waals surface area contributed by atoms with Crippen molar-refractivity contribution >= 4 is 12.1 Å². The molecule has 2 heterocycles. The molecule has 9 heteroatoms. The summed E-state index contributed by atoms with van der Waals surface area (Å²) < 4.78 is 17.0. The molecule has 1 amide bonds. The molecule has 2 aliphatic heterocycles. The van der Waals surface area contributed by atoms with E-state index in [0.29, 0.717) is 12.3 Å². The molecule has 0 aromatic carbocycles. The van der Waals surface area contributed by atoms with E-state index in [9.17, 15) is 24.9 Å². The number of allylic oxidation sites excluding steroid dienone is 2. The fourth-order valence-corrected chi connectivity index (χ4v) is 5.17. The van der Waals surface area contributed by atoms with Gasteiger partial charge in [0, 0.05) is 18.8 Å². The maximum absolute atomic E-state index is 13.0. The minimum Gasteiger partial charge on any atom is -0.462 e. The first kappa shape index (κ1) is 30.3. The van der Waals surface area contributed by atoms with Gasteiger partial charge in [0.25, 0.3) is 0 Å². The van der Waals surface area contributed by atoms with E-state index in [1.807, 2.05) is 26.8 Å². The highest BCUT2D eigenvalue weighted by Gasteiger charge is 2.47. The Kier molecular flexibility index (Phi) is 11.4. The molecule has 9 nitrogen and oxygen atoms in total. The van der Waals surface area contributed by atoms with Gasteiger partial charge in [0.05, 0.1) is 24.7 Å². The first-order chi connectivity index (χ1) is 16.8. The number of esters is 1. The largest absolute Gasteiger partial charge is 0.462 e. The zero-order valence-electron chi connectivity index (χ0n) is 22.3. The van der Waals surface area contributed by atoms with E-state index in [-0.39, 0.29) is 31.1 Å². The zero-order valence-corrected chi connectivity index (χ0v) is 22.3. The van der Waals surface area contributed by atoms with E-state index in [1.54, 1.807) is 13.0 Å². The Morgan fingerprint density at radius 3 is 2.61 bits per heavy atom. The monoisotopic (exact) mass is 511 g/mol. The van der Waals surface area contributed by atoms with E-state index in [2.05, 4.69) is 13.0 Å². The normalized spacial score (nSPS) is 36.3. The topological polar surface area (TPSA) is 149 Å². The quantitative estimate of drug-likeness (QED) is 0.313. The summed E-state index contributed by atoms with van der Waals surface area (Å²) in [4.78, 5) is 24.5. The molecule has 0 aromatic heterocycles. The molecule has 206 valence electrons. The molecule has 9 unspecified atom stereocenters. The van der Waals surface area contributed by atoms with Crippen LogP contribution < -0.4 is 5.73 Å². The highest BCUT2D eigenvalue weighted by molar-refractivity contribution is 5.70. The number of hydrogen-bond acceptors (Lipinski definition) is 8. The van der Waals surface area contributed by atoms with Crippen molar-refractivity contribution in [3.05, 3.63) is 23.8 Å².